The maximum atomic E-state index is 14.3. The number of hydrogen-bond donors (Lipinski definition) is 0. The maximum absolute atomic E-state index is 14.3. The number of ether oxygens (including phenoxy) is 11. The van der Waals surface area contributed by atoms with Crippen LogP contribution in [0.3, 0.4) is 0 Å². The fraction of sp³-hybridized carbons (Fsp3) is 0.247. The Morgan fingerprint density at radius 3 is 1.15 bits per heavy atom. The molecular formula is C81H76N2O16. The van der Waals surface area contributed by atoms with Crippen LogP contribution in [0, 0.1) is 20.2 Å². The van der Waals surface area contributed by atoms with Crippen LogP contribution >= 0.6 is 0 Å². The van der Waals surface area contributed by atoms with Gasteiger partial charge in [-0.2, -0.15) is 0 Å². The van der Waals surface area contributed by atoms with Gasteiger partial charge in [-0.1, -0.05) is 273 Å². The van der Waals surface area contributed by atoms with Gasteiger partial charge in [0.15, 0.2) is 6.29 Å². The zero-order valence-electron chi connectivity index (χ0n) is 54.5. The Balaban J connectivity index is 1.05. The molecule has 506 valence electrons. The average Bonchev–Trinajstić information content (AvgIpc) is 0.750. The Morgan fingerprint density at radius 2 is 0.758 bits per heavy atom. The zero-order chi connectivity index (χ0) is 68.2. The summed E-state index contributed by atoms with van der Waals surface area (Å²) in [5.74, 6) is -1.11. The number of non-ortho nitro benzene ring substituents is 1. The number of benzene rings is 10. The normalized spacial score (nSPS) is 20.7. The van der Waals surface area contributed by atoms with Crippen molar-refractivity contribution in [1.29, 1.82) is 0 Å². The fourth-order valence-electron chi connectivity index (χ4n) is 12.8. The molecule has 0 amide bonds. The Labute approximate surface area is 574 Å². The molecular weight excluding hydrogens is 1260 g/mol. The van der Waals surface area contributed by atoms with Crippen molar-refractivity contribution >= 4 is 17.3 Å². The molecule has 10 aromatic rings. The minimum absolute atomic E-state index is 0.0371. The first-order chi connectivity index (χ1) is 48.6. The molecule has 0 saturated carbocycles. The molecule has 2 fully saturated rings. The molecule has 2 saturated heterocycles. The van der Waals surface area contributed by atoms with Crippen molar-refractivity contribution in [3.8, 4) is 0 Å². The van der Waals surface area contributed by atoms with E-state index in [4.69, 9.17) is 52.1 Å². The number of nitro benzene ring substituents is 2. The van der Waals surface area contributed by atoms with Crippen LogP contribution < -0.4 is 0 Å². The molecule has 0 aliphatic carbocycles. The summed E-state index contributed by atoms with van der Waals surface area (Å²) >= 11 is 0. The SMILES string of the molecule is COC(=O)c1cc([N+](=O)[O-])cc([N+](=O)[O-])c1[C@@H]1O[C@H](COCc2ccccc2)[C@@H](O[C@H]2O[C@H](COC(c3ccccc3)(c3ccccc3)c3ccccc3)[C@@H](OCc3ccccc3)[C@H](OCc3ccccc3)[C@H]2OCc2ccccc2)[C@H](OCc2ccccc2)[C@H]1OCc1ccccc1. The number of methoxy groups -OCH3 is 1. The van der Waals surface area contributed by atoms with Gasteiger partial charge in [0.25, 0.3) is 11.4 Å². The standard InChI is InChI=1S/C81H76N2O16/c1-89-79(84)67-47-66(82(85)86)48-68(83(87)88)71(67)74-77(94-53-61-37-19-6-20-38-61)76(93-52-60-35-17-5-18-36-60)73(69(97-74)55-90-49-57-29-11-2-12-30-57)99-80-78(95-54-62-39-21-7-22-40-62)75(92-51-59-33-15-4-16-34-59)72(91-50-58-31-13-3-14-32-58)70(98-80)56-96-81(63-41-23-8-24-42-63,64-43-25-9-26-44-64)65-45-27-10-28-46-65/h2-48,69-70,72-78,80H,49-56H2,1H3/t69-,70-,72-,73-,74+,75+,76+,77+,78-,80-/m1/s1. The van der Waals surface area contributed by atoms with Crippen LogP contribution in [0.15, 0.2) is 285 Å². The van der Waals surface area contributed by atoms with E-state index in [-0.39, 0.29) is 58.4 Å². The van der Waals surface area contributed by atoms with Crippen molar-refractivity contribution < 1.29 is 66.7 Å². The summed E-state index contributed by atoms with van der Waals surface area (Å²) in [5.41, 5.74) is 3.64. The smallest absolute Gasteiger partial charge is 0.338 e. The number of rotatable bonds is 31. The molecule has 2 aliphatic rings. The summed E-state index contributed by atoms with van der Waals surface area (Å²) in [4.78, 5) is 38.9. The number of nitrogens with zero attached hydrogens (tertiary/aromatic N) is 2. The lowest BCUT2D eigenvalue weighted by Crippen LogP contribution is -2.65. The zero-order valence-corrected chi connectivity index (χ0v) is 54.5. The molecule has 0 spiro atoms. The van der Waals surface area contributed by atoms with E-state index in [1.165, 1.54) is 0 Å². The highest BCUT2D eigenvalue weighted by Crippen LogP contribution is 2.47. The molecule has 10 aromatic carbocycles. The molecule has 18 heteroatoms. The molecule has 12 rings (SSSR count). The number of carbonyl (C=O) groups excluding carboxylic acids is 1. The van der Waals surface area contributed by atoms with Gasteiger partial charge in [0.1, 0.15) is 60.5 Å². The predicted molar refractivity (Wildman–Crippen MR) is 369 cm³/mol. The van der Waals surface area contributed by atoms with Gasteiger partial charge in [0.05, 0.1) is 87.0 Å². The first kappa shape index (κ1) is 69.0. The molecule has 0 aromatic heterocycles. The number of esters is 1. The second-order valence-corrected chi connectivity index (χ2v) is 24.1. The van der Waals surface area contributed by atoms with E-state index in [0.717, 1.165) is 63.8 Å². The Hall–Kier alpha value is -9.93. The molecule has 10 atom stereocenters. The van der Waals surface area contributed by atoms with E-state index in [0.29, 0.717) is 5.56 Å². The number of hydrogen-bond acceptors (Lipinski definition) is 16. The highest BCUT2D eigenvalue weighted by atomic mass is 16.7. The van der Waals surface area contributed by atoms with Crippen molar-refractivity contribution in [2.24, 2.45) is 0 Å². The topological polar surface area (TPSA) is 205 Å². The highest BCUT2D eigenvalue weighted by molar-refractivity contribution is 5.93. The highest BCUT2D eigenvalue weighted by Gasteiger charge is 2.57. The largest absolute Gasteiger partial charge is 0.465 e. The molecule has 99 heavy (non-hydrogen) atoms. The van der Waals surface area contributed by atoms with E-state index in [2.05, 4.69) is 0 Å². The summed E-state index contributed by atoms with van der Waals surface area (Å²) in [6.07, 6.45) is -12.8. The van der Waals surface area contributed by atoms with Crippen LogP contribution in [0.2, 0.25) is 0 Å². The Kier molecular flexibility index (Phi) is 23.7. The molecule has 2 heterocycles. The minimum Gasteiger partial charge on any atom is -0.465 e. The van der Waals surface area contributed by atoms with Gasteiger partial charge in [0.2, 0.25) is 0 Å². The Morgan fingerprint density at radius 1 is 0.404 bits per heavy atom. The molecule has 0 N–H and O–H groups in total. The van der Waals surface area contributed by atoms with Gasteiger partial charge in [0, 0.05) is 6.07 Å². The molecule has 0 unspecified atom stereocenters. The van der Waals surface area contributed by atoms with Crippen molar-refractivity contribution in [2.45, 2.75) is 106 Å². The van der Waals surface area contributed by atoms with Gasteiger partial charge < -0.3 is 52.1 Å². The second-order valence-electron chi connectivity index (χ2n) is 24.1. The van der Waals surface area contributed by atoms with Gasteiger partial charge in [-0.15, -0.1) is 0 Å². The van der Waals surface area contributed by atoms with Crippen LogP contribution in [-0.2, 0) is 97.3 Å². The first-order valence-corrected chi connectivity index (χ1v) is 32.8. The van der Waals surface area contributed by atoms with Gasteiger partial charge >= 0.3 is 5.97 Å². The summed E-state index contributed by atoms with van der Waals surface area (Å²) in [7, 11) is 1.08. The lowest BCUT2D eigenvalue weighted by atomic mass is 9.80. The average molecular weight is 1330 g/mol. The third kappa shape index (κ3) is 17.1. The van der Waals surface area contributed by atoms with Crippen LogP contribution in [0.5, 0.6) is 0 Å². The van der Waals surface area contributed by atoms with E-state index >= 15 is 0 Å². The number of nitro groups is 2. The third-order valence-corrected chi connectivity index (χ3v) is 17.6. The van der Waals surface area contributed by atoms with Crippen molar-refractivity contribution in [2.75, 3.05) is 20.3 Å². The van der Waals surface area contributed by atoms with Crippen LogP contribution in [0.25, 0.3) is 0 Å². The van der Waals surface area contributed by atoms with Crippen molar-refractivity contribution in [1.82, 2.24) is 0 Å². The minimum atomic E-state index is -1.63. The molecule has 2 aliphatic heterocycles. The van der Waals surface area contributed by atoms with Crippen LogP contribution in [0.4, 0.5) is 11.4 Å². The molecule has 18 nitrogen and oxygen atoms in total. The summed E-state index contributed by atoms with van der Waals surface area (Å²) in [6.45, 7) is -0.336. The van der Waals surface area contributed by atoms with E-state index in [1.807, 2.05) is 273 Å². The summed E-state index contributed by atoms with van der Waals surface area (Å²) in [5, 5.41) is 26.3. The van der Waals surface area contributed by atoms with Gasteiger partial charge in [-0.05, 0) is 50.1 Å². The van der Waals surface area contributed by atoms with Crippen molar-refractivity contribution in [3.63, 3.8) is 0 Å². The molecule has 0 radical (unpaired) electrons. The monoisotopic (exact) mass is 1330 g/mol. The van der Waals surface area contributed by atoms with Crippen molar-refractivity contribution in [3.05, 3.63) is 367 Å². The second kappa shape index (κ2) is 34.0. The lowest BCUT2D eigenvalue weighted by molar-refractivity contribution is -0.396. The predicted octanol–water partition coefficient (Wildman–Crippen LogP) is 15.0. The molecule has 0 bridgehead atoms. The number of carbonyl (C=O) groups is 1. The van der Waals surface area contributed by atoms with Crippen LogP contribution in [-0.4, -0.2) is 91.3 Å². The first-order valence-electron chi connectivity index (χ1n) is 32.8. The Bertz CT molecular complexity index is 4040. The summed E-state index contributed by atoms with van der Waals surface area (Å²) < 4.78 is 78.7. The maximum Gasteiger partial charge on any atom is 0.338 e. The van der Waals surface area contributed by atoms with Crippen LogP contribution in [0.1, 0.15) is 72.1 Å². The van der Waals surface area contributed by atoms with E-state index in [9.17, 15) is 25.0 Å². The third-order valence-electron chi connectivity index (χ3n) is 17.6. The summed E-state index contributed by atoms with van der Waals surface area (Å²) in [6, 6.07) is 89.1. The quantitative estimate of drug-likeness (QED) is 0.0171. The van der Waals surface area contributed by atoms with E-state index < -0.39 is 99.6 Å². The van der Waals surface area contributed by atoms with E-state index in [1.54, 1.807) is 0 Å². The lowest BCUT2D eigenvalue weighted by Gasteiger charge is -2.51. The fourth-order valence-corrected chi connectivity index (χ4v) is 12.8. The van der Waals surface area contributed by atoms with Gasteiger partial charge in [-0.3, -0.25) is 20.2 Å². The van der Waals surface area contributed by atoms with Gasteiger partial charge in [-0.25, -0.2) is 4.79 Å².